The Morgan fingerprint density at radius 3 is 1.08 bits per heavy atom. The summed E-state index contributed by atoms with van der Waals surface area (Å²) in [5.41, 5.74) is 0. The average molecular weight is 631 g/mol. The molecular weight excluding hydrogens is 576 g/mol. The molecule has 240 valence electrons. The van der Waals surface area contributed by atoms with Crippen LogP contribution in [0.5, 0.6) is 0 Å². The summed E-state index contributed by atoms with van der Waals surface area (Å²) in [6.45, 7) is 15.5. The zero-order valence-electron chi connectivity index (χ0n) is 26.0. The van der Waals surface area contributed by atoms with Crippen molar-refractivity contribution in [2.45, 2.75) is 74.7 Å². The lowest BCUT2D eigenvalue weighted by atomic mass is 10.2. The van der Waals surface area contributed by atoms with E-state index in [1.54, 1.807) is 35.0 Å². The lowest BCUT2D eigenvalue weighted by Crippen LogP contribution is -2.16. The lowest BCUT2D eigenvalue weighted by Gasteiger charge is -1.96. The highest BCUT2D eigenvalue weighted by Crippen LogP contribution is 1.94. The average Bonchev–Trinajstić information content (AvgIpc) is 2.82. The van der Waals surface area contributed by atoms with Gasteiger partial charge in [0.05, 0.1) is 6.42 Å². The Morgan fingerprint density at radius 1 is 0.615 bits per heavy atom. The van der Waals surface area contributed by atoms with Crippen molar-refractivity contribution in [1.29, 1.82) is 0 Å². The molecule has 0 atom stereocenters. The quantitative estimate of drug-likeness (QED) is 0.175. The highest BCUT2D eigenvalue weighted by Gasteiger charge is 2.14. The molecule has 0 rings (SSSR count). The van der Waals surface area contributed by atoms with Gasteiger partial charge in [-0.1, -0.05) is 27.7 Å². The minimum atomic E-state index is -3.38. The van der Waals surface area contributed by atoms with Crippen LogP contribution in [-0.4, -0.2) is 106 Å². The van der Waals surface area contributed by atoms with Gasteiger partial charge < -0.3 is 19.0 Å². The molecule has 12 nitrogen and oxygen atoms in total. The number of ketones is 3. The van der Waals surface area contributed by atoms with E-state index in [0.717, 1.165) is 19.5 Å². The third-order valence-electron chi connectivity index (χ3n) is 3.39. The SMILES string of the molecule is CCC(=O)CC(C)=O.CCC(C)=O.CCOC.CCOCOC.CCS(=O)(=O)CS(C)(=O)=O.CCS(C)(=O)=O. The van der Waals surface area contributed by atoms with Gasteiger partial charge in [0.25, 0.3) is 0 Å². The number of ether oxygens (including phenoxy) is 3. The van der Waals surface area contributed by atoms with Crippen molar-refractivity contribution in [3.8, 4) is 0 Å². The molecule has 0 fully saturated rings. The summed E-state index contributed by atoms with van der Waals surface area (Å²) in [5.74, 6) is 0.354. The minimum Gasteiger partial charge on any atom is -0.385 e. The first-order valence-electron chi connectivity index (χ1n) is 12.2. The Hall–Kier alpha value is -1.26. The first-order chi connectivity index (χ1) is 17.6. The number of methoxy groups -OCH3 is 2. The molecule has 0 unspecified atom stereocenters. The van der Waals surface area contributed by atoms with Gasteiger partial charge in [0.15, 0.2) is 24.8 Å². The van der Waals surface area contributed by atoms with Gasteiger partial charge in [0.1, 0.15) is 34.0 Å². The Morgan fingerprint density at radius 2 is 1.00 bits per heavy atom. The van der Waals surface area contributed by atoms with Crippen LogP contribution in [0.3, 0.4) is 0 Å². The number of carbonyl (C=O) groups is 3. The van der Waals surface area contributed by atoms with E-state index in [1.165, 1.54) is 20.1 Å². The first-order valence-corrected chi connectivity index (χ1v) is 18.2. The van der Waals surface area contributed by atoms with Crippen molar-refractivity contribution in [2.75, 3.05) is 63.3 Å². The van der Waals surface area contributed by atoms with Crippen LogP contribution in [0.4, 0.5) is 0 Å². The van der Waals surface area contributed by atoms with E-state index in [4.69, 9.17) is 4.74 Å². The molecule has 15 heteroatoms. The topological polar surface area (TPSA) is 181 Å². The van der Waals surface area contributed by atoms with E-state index in [9.17, 15) is 39.6 Å². The first kappa shape index (κ1) is 50.6. The molecule has 0 aromatic heterocycles. The maximum absolute atomic E-state index is 10.6. The van der Waals surface area contributed by atoms with E-state index in [1.807, 2.05) is 20.8 Å². The van der Waals surface area contributed by atoms with E-state index >= 15 is 0 Å². The lowest BCUT2D eigenvalue weighted by molar-refractivity contribution is -0.125. The third kappa shape index (κ3) is 85.7. The minimum absolute atomic E-state index is 0.0255. The summed E-state index contributed by atoms with van der Waals surface area (Å²) in [4.78, 5) is 30.4. The maximum Gasteiger partial charge on any atom is 0.164 e. The molecule has 0 aromatic rings. The predicted molar refractivity (Wildman–Crippen MR) is 157 cm³/mol. The summed E-state index contributed by atoms with van der Waals surface area (Å²) in [7, 11) is -6.12. The van der Waals surface area contributed by atoms with Crippen molar-refractivity contribution >= 4 is 46.9 Å². The number of Topliss-reactive ketones (excluding diaryl/α,β-unsaturated/α-hetero) is 3. The number of carbonyl (C=O) groups excluding carboxylic acids is 3. The van der Waals surface area contributed by atoms with Crippen LogP contribution in [-0.2, 0) is 58.1 Å². The molecule has 0 aliphatic carbocycles. The molecule has 0 aliphatic rings. The second-order valence-corrected chi connectivity index (χ2v) is 14.9. The number of sulfone groups is 3. The van der Waals surface area contributed by atoms with Crippen LogP contribution < -0.4 is 0 Å². The molecule has 0 aromatic carbocycles. The van der Waals surface area contributed by atoms with Crippen molar-refractivity contribution < 1.29 is 53.8 Å². The number of rotatable bonds is 12. The molecule has 0 heterocycles. The summed E-state index contributed by atoms with van der Waals surface area (Å²) in [5, 5.41) is -0.740. The van der Waals surface area contributed by atoms with Crippen molar-refractivity contribution in [3.63, 3.8) is 0 Å². The summed E-state index contributed by atoms with van der Waals surface area (Å²) < 4.78 is 76.0. The molecular formula is C24H54O12S3. The van der Waals surface area contributed by atoms with Crippen LogP contribution in [0, 0.1) is 0 Å². The molecule has 0 saturated heterocycles. The van der Waals surface area contributed by atoms with Crippen LogP contribution in [0.25, 0.3) is 0 Å². The van der Waals surface area contributed by atoms with Crippen LogP contribution in [0.1, 0.15) is 74.7 Å². The van der Waals surface area contributed by atoms with E-state index in [2.05, 4.69) is 9.47 Å². The van der Waals surface area contributed by atoms with Gasteiger partial charge in [0, 0.05) is 64.3 Å². The van der Waals surface area contributed by atoms with E-state index in [-0.39, 0.29) is 35.3 Å². The van der Waals surface area contributed by atoms with Gasteiger partial charge in [0.2, 0.25) is 0 Å². The molecule has 0 spiro atoms. The molecule has 0 N–H and O–H groups in total. The van der Waals surface area contributed by atoms with Gasteiger partial charge in [-0.2, -0.15) is 0 Å². The fraction of sp³-hybridized carbons (Fsp3) is 0.875. The molecule has 0 amide bonds. The normalized spacial score (nSPS) is 10.2. The van der Waals surface area contributed by atoms with Crippen molar-refractivity contribution in [3.05, 3.63) is 0 Å². The maximum atomic E-state index is 10.6. The third-order valence-corrected chi connectivity index (χ3v) is 8.47. The summed E-state index contributed by atoms with van der Waals surface area (Å²) in [6, 6.07) is 0. The fourth-order valence-corrected chi connectivity index (χ4v) is 4.25. The number of hydrogen-bond acceptors (Lipinski definition) is 12. The highest BCUT2D eigenvalue weighted by atomic mass is 32.3. The molecule has 0 aliphatic heterocycles. The van der Waals surface area contributed by atoms with Crippen LogP contribution in [0.2, 0.25) is 0 Å². The van der Waals surface area contributed by atoms with Crippen molar-refractivity contribution in [1.82, 2.24) is 0 Å². The van der Waals surface area contributed by atoms with Gasteiger partial charge >= 0.3 is 0 Å². The molecule has 0 bridgehead atoms. The van der Waals surface area contributed by atoms with Gasteiger partial charge in [-0.3, -0.25) is 9.59 Å². The standard InChI is InChI=1S/C6H10O2.C4H10O4S2.C4H10O2.C4H8O.C3H8O2S.C3H8O/c1-3-6(8)4-5(2)7;1-3-10(7,8)4-9(2,5)6;1-3-6-4-5-2;1-3-4(2)5;1-3-6(2,4)5;1-3-4-2/h3-4H2,1-2H3;3-4H2,1-2H3;3-4H2,1-2H3;3H2,1-2H3;3H2,1-2H3;3H2,1-2H3. The molecule has 0 saturated carbocycles. The fourth-order valence-electron chi connectivity index (χ4n) is 0.979. The van der Waals surface area contributed by atoms with E-state index in [0.29, 0.717) is 19.6 Å². The molecule has 39 heavy (non-hydrogen) atoms. The zero-order chi connectivity index (χ0) is 32.7. The van der Waals surface area contributed by atoms with Crippen LogP contribution >= 0.6 is 0 Å². The molecule has 0 radical (unpaired) electrons. The summed E-state index contributed by atoms with van der Waals surface area (Å²) in [6.07, 6.45) is 3.36. The smallest absolute Gasteiger partial charge is 0.164 e. The Bertz CT molecular complexity index is 887. The number of hydrogen-bond donors (Lipinski definition) is 0. The van der Waals surface area contributed by atoms with Gasteiger partial charge in [-0.15, -0.1) is 0 Å². The second-order valence-electron chi connectivity index (χ2n) is 7.59. The largest absolute Gasteiger partial charge is 0.385 e. The van der Waals surface area contributed by atoms with Gasteiger partial charge in [-0.25, -0.2) is 25.3 Å². The van der Waals surface area contributed by atoms with E-state index < -0.39 is 34.6 Å². The Kier molecular flexibility index (Phi) is 42.7. The van der Waals surface area contributed by atoms with Crippen molar-refractivity contribution in [2.24, 2.45) is 0 Å². The second kappa shape index (κ2) is 32.9. The monoisotopic (exact) mass is 630 g/mol. The Balaban J connectivity index is -0.0000000860. The zero-order valence-corrected chi connectivity index (χ0v) is 28.4. The summed E-state index contributed by atoms with van der Waals surface area (Å²) >= 11 is 0. The Labute approximate surface area is 238 Å². The van der Waals surface area contributed by atoms with Crippen LogP contribution in [0.15, 0.2) is 0 Å². The predicted octanol–water partition coefficient (Wildman–Crippen LogP) is 2.68. The highest BCUT2D eigenvalue weighted by molar-refractivity contribution is 8.07. The van der Waals surface area contributed by atoms with Gasteiger partial charge in [-0.05, 0) is 27.7 Å².